The molecular formula is C42H47N11O7. The standard InChI is InChI=1S/C42H47N11O7/c1-24(2)34(48-41(57)59-3)38(55)50-16-8-12-30(50)36-43-21-27(46-36)26-14-15-29(33(54)20-26)52-18-19-53-32(23-45-40(52)53)28-22-44-37(47-28)31-13-9-17-51(31)39(56)35(49-42(58)60-4)25-10-6-5-7-11-25/h5-7,10-11,14-15,18-24,30-31,34-35,54H,8-9,12-13,16-17H2,1-4H3,(H,43,46)(H,44,47)(H,48,57)(H,49,58). The maximum absolute atomic E-state index is 14.0. The number of rotatable bonds is 11. The zero-order valence-corrected chi connectivity index (χ0v) is 33.7. The molecule has 2 saturated heterocycles. The quantitative estimate of drug-likeness (QED) is 0.112. The molecule has 2 fully saturated rings. The molecule has 18 nitrogen and oxygen atoms in total. The summed E-state index contributed by atoms with van der Waals surface area (Å²) in [6.07, 6.45) is 10.4. The van der Waals surface area contributed by atoms with E-state index in [0.717, 1.165) is 18.5 Å². The number of aromatic amines is 2. The average molecular weight is 818 g/mol. The monoisotopic (exact) mass is 817 g/mol. The SMILES string of the molecule is COC(=O)NC(C(=O)N1CCCC1c1ncc(-c2cnc3n(-c4ccc(-c5cnc(C6CCCN6C(=O)C(NC(=O)OC)C(C)C)[nH]5)cc4O)ccn23)[nH]1)c1ccccc1. The molecule has 60 heavy (non-hydrogen) atoms. The van der Waals surface area contributed by atoms with Crippen molar-refractivity contribution in [1.82, 2.24) is 54.3 Å². The van der Waals surface area contributed by atoms with E-state index >= 15 is 0 Å². The number of ether oxygens (including phenoxy) is 2. The number of phenols is 1. The molecule has 2 aliphatic heterocycles. The second kappa shape index (κ2) is 16.6. The summed E-state index contributed by atoms with van der Waals surface area (Å²) in [5, 5.41) is 16.7. The van der Waals surface area contributed by atoms with Gasteiger partial charge >= 0.3 is 12.2 Å². The van der Waals surface area contributed by atoms with Gasteiger partial charge in [-0.15, -0.1) is 0 Å². The van der Waals surface area contributed by atoms with E-state index < -0.39 is 24.3 Å². The van der Waals surface area contributed by atoms with Crippen LogP contribution in [0.1, 0.15) is 74.9 Å². The van der Waals surface area contributed by atoms with Gasteiger partial charge in [0.25, 0.3) is 5.91 Å². The van der Waals surface area contributed by atoms with Gasteiger partial charge in [0.05, 0.1) is 67.7 Å². The van der Waals surface area contributed by atoms with Crippen LogP contribution in [-0.4, -0.2) is 106 Å². The van der Waals surface area contributed by atoms with Crippen LogP contribution in [0.2, 0.25) is 0 Å². The number of nitrogens with zero attached hydrogens (tertiary/aromatic N) is 7. The van der Waals surface area contributed by atoms with Crippen molar-refractivity contribution in [3.05, 3.63) is 96.7 Å². The highest BCUT2D eigenvalue weighted by Gasteiger charge is 2.39. The normalized spacial score (nSPS) is 17.6. The highest BCUT2D eigenvalue weighted by Crippen LogP contribution is 2.36. The lowest BCUT2D eigenvalue weighted by atomic mass is 10.0. The minimum absolute atomic E-state index is 0.0166. The van der Waals surface area contributed by atoms with Gasteiger partial charge in [0.15, 0.2) is 0 Å². The third kappa shape index (κ3) is 7.51. The number of benzene rings is 2. The van der Waals surface area contributed by atoms with Crippen molar-refractivity contribution in [2.24, 2.45) is 5.92 Å². The third-order valence-corrected chi connectivity index (χ3v) is 11.3. The van der Waals surface area contributed by atoms with Gasteiger partial charge < -0.3 is 45.0 Å². The number of nitrogens with one attached hydrogen (secondary N) is 4. The predicted molar refractivity (Wildman–Crippen MR) is 218 cm³/mol. The van der Waals surface area contributed by atoms with E-state index in [9.17, 15) is 24.3 Å². The number of H-pyrrole nitrogens is 2. The number of phenolic OH excluding ortho intramolecular Hbond substituents is 1. The van der Waals surface area contributed by atoms with Crippen LogP contribution in [-0.2, 0) is 19.1 Å². The molecule has 18 heteroatoms. The number of carbonyl (C=O) groups is 4. The Balaban J connectivity index is 0.987. The van der Waals surface area contributed by atoms with Gasteiger partial charge in [-0.1, -0.05) is 50.2 Å². The van der Waals surface area contributed by atoms with Crippen LogP contribution in [0, 0.1) is 5.92 Å². The summed E-state index contributed by atoms with van der Waals surface area (Å²) in [5.74, 6) is 1.22. The van der Waals surface area contributed by atoms with Gasteiger partial charge in [-0.25, -0.2) is 24.5 Å². The van der Waals surface area contributed by atoms with E-state index in [1.807, 2.05) is 54.9 Å². The Labute approximate surface area is 344 Å². The van der Waals surface area contributed by atoms with Crippen LogP contribution in [0.15, 0.2) is 79.5 Å². The molecule has 0 bridgehead atoms. The fraction of sp³-hybridized carbons (Fsp3) is 0.357. The molecular weight excluding hydrogens is 771 g/mol. The molecule has 0 spiro atoms. The minimum Gasteiger partial charge on any atom is -0.506 e. The number of amides is 4. The van der Waals surface area contributed by atoms with Crippen LogP contribution >= 0.6 is 0 Å². The van der Waals surface area contributed by atoms with Gasteiger partial charge in [0.2, 0.25) is 11.7 Å². The molecule has 0 saturated carbocycles. The number of alkyl carbamates (subject to hydrolysis) is 2. The molecule has 4 amide bonds. The van der Waals surface area contributed by atoms with E-state index in [0.29, 0.717) is 71.6 Å². The number of imidazole rings is 4. The highest BCUT2D eigenvalue weighted by molar-refractivity contribution is 5.88. The number of likely N-dealkylation sites (tertiary alicyclic amines) is 2. The van der Waals surface area contributed by atoms with E-state index in [1.165, 1.54) is 14.2 Å². The average Bonchev–Trinajstić information content (AvgIpc) is 4.11. The van der Waals surface area contributed by atoms with Crippen LogP contribution in [0.3, 0.4) is 0 Å². The fourth-order valence-electron chi connectivity index (χ4n) is 8.23. The summed E-state index contributed by atoms with van der Waals surface area (Å²) in [5.41, 5.74) is 3.96. The van der Waals surface area contributed by atoms with Gasteiger partial charge in [-0.3, -0.25) is 18.6 Å². The van der Waals surface area contributed by atoms with Gasteiger partial charge in [-0.2, -0.15) is 0 Å². The number of hydrogen-bond acceptors (Lipinski definition) is 10. The molecule has 4 unspecified atom stereocenters. The van der Waals surface area contributed by atoms with Crippen LogP contribution in [0.5, 0.6) is 5.75 Å². The van der Waals surface area contributed by atoms with Crippen molar-refractivity contribution >= 4 is 29.8 Å². The van der Waals surface area contributed by atoms with Gasteiger partial charge in [0, 0.05) is 31.0 Å². The van der Waals surface area contributed by atoms with Crippen molar-refractivity contribution in [1.29, 1.82) is 0 Å². The molecule has 8 rings (SSSR count). The van der Waals surface area contributed by atoms with Gasteiger partial charge in [-0.05, 0) is 49.3 Å². The van der Waals surface area contributed by atoms with Crippen molar-refractivity contribution < 1.29 is 33.8 Å². The summed E-state index contributed by atoms with van der Waals surface area (Å²) in [6.45, 7) is 4.79. The van der Waals surface area contributed by atoms with Crippen molar-refractivity contribution in [2.45, 2.75) is 63.7 Å². The Morgan fingerprint density at radius 1 is 0.783 bits per heavy atom. The van der Waals surface area contributed by atoms with Crippen LogP contribution in [0.25, 0.3) is 34.1 Å². The maximum Gasteiger partial charge on any atom is 0.407 e. The molecule has 0 radical (unpaired) electrons. The number of fused-ring (bicyclic) bond motifs is 1. The number of hydrogen-bond donors (Lipinski definition) is 5. The number of aromatic nitrogens is 7. The molecule has 4 aromatic heterocycles. The molecule has 6 aromatic rings. The van der Waals surface area contributed by atoms with Crippen LogP contribution in [0.4, 0.5) is 9.59 Å². The number of methoxy groups -OCH3 is 2. The fourth-order valence-corrected chi connectivity index (χ4v) is 8.23. The molecule has 6 heterocycles. The Morgan fingerprint density at radius 3 is 2.07 bits per heavy atom. The topological polar surface area (TPSA) is 217 Å². The molecule has 5 N–H and O–H groups in total. The lowest BCUT2D eigenvalue weighted by molar-refractivity contribution is -0.135. The van der Waals surface area contributed by atoms with E-state index in [2.05, 4.69) is 30.6 Å². The minimum atomic E-state index is -0.924. The molecule has 312 valence electrons. The predicted octanol–water partition coefficient (Wildman–Crippen LogP) is 5.42. The number of aromatic hydroxyl groups is 1. The Kier molecular flexibility index (Phi) is 11.0. The maximum atomic E-state index is 14.0. The lowest BCUT2D eigenvalue weighted by Gasteiger charge is -2.30. The molecule has 2 aromatic carbocycles. The molecule has 2 aliphatic rings. The summed E-state index contributed by atoms with van der Waals surface area (Å²) < 4.78 is 13.2. The molecule has 4 atom stereocenters. The van der Waals surface area contributed by atoms with Crippen molar-refractivity contribution in [3.63, 3.8) is 0 Å². The zero-order chi connectivity index (χ0) is 42.1. The van der Waals surface area contributed by atoms with E-state index in [1.54, 1.807) is 57.2 Å². The number of carbonyl (C=O) groups excluding carboxylic acids is 4. The Hall–Kier alpha value is -7.11. The van der Waals surface area contributed by atoms with Gasteiger partial charge in [0.1, 0.15) is 29.5 Å². The van der Waals surface area contributed by atoms with Crippen molar-refractivity contribution in [3.8, 4) is 34.1 Å². The summed E-state index contributed by atoms with van der Waals surface area (Å²) in [7, 11) is 2.53. The Morgan fingerprint density at radius 2 is 1.42 bits per heavy atom. The first kappa shape index (κ1) is 39.7. The van der Waals surface area contributed by atoms with Crippen LogP contribution < -0.4 is 10.6 Å². The zero-order valence-electron chi connectivity index (χ0n) is 33.7. The smallest absolute Gasteiger partial charge is 0.407 e. The lowest BCUT2D eigenvalue weighted by Crippen LogP contribution is -2.51. The first-order valence-corrected chi connectivity index (χ1v) is 19.9. The third-order valence-electron chi connectivity index (χ3n) is 11.3. The summed E-state index contributed by atoms with van der Waals surface area (Å²) in [4.78, 5) is 76.1. The summed E-state index contributed by atoms with van der Waals surface area (Å²) >= 11 is 0. The highest BCUT2D eigenvalue weighted by atomic mass is 16.5. The Bertz CT molecular complexity index is 2520. The summed E-state index contributed by atoms with van der Waals surface area (Å²) in [6, 6.07) is 12.1. The van der Waals surface area contributed by atoms with E-state index in [4.69, 9.17) is 14.5 Å². The van der Waals surface area contributed by atoms with E-state index in [-0.39, 0.29) is 35.6 Å². The largest absolute Gasteiger partial charge is 0.506 e. The van der Waals surface area contributed by atoms with Crippen molar-refractivity contribution in [2.75, 3.05) is 27.3 Å². The first-order chi connectivity index (χ1) is 29.1. The second-order valence-corrected chi connectivity index (χ2v) is 15.3. The molecule has 0 aliphatic carbocycles. The second-order valence-electron chi connectivity index (χ2n) is 15.3. The first-order valence-electron chi connectivity index (χ1n) is 19.9.